The van der Waals surface area contributed by atoms with Crippen LogP contribution in [0.5, 0.6) is 0 Å². The predicted molar refractivity (Wildman–Crippen MR) is 71.6 cm³/mol. The number of rotatable bonds is 6. The maximum absolute atomic E-state index is 12.1. The summed E-state index contributed by atoms with van der Waals surface area (Å²) >= 11 is 0. The SMILES string of the molecule is CCc1cc(CC(=O)CC2CCNC2)n(CC)n1. The molecular weight excluding hydrogens is 226 g/mol. The Morgan fingerprint density at radius 2 is 2.39 bits per heavy atom. The highest BCUT2D eigenvalue weighted by molar-refractivity contribution is 5.80. The van der Waals surface area contributed by atoms with Gasteiger partial charge >= 0.3 is 0 Å². The smallest absolute Gasteiger partial charge is 0.139 e. The highest BCUT2D eigenvalue weighted by Crippen LogP contribution is 2.15. The first-order valence-corrected chi connectivity index (χ1v) is 7.01. The third kappa shape index (κ3) is 3.19. The Bertz CT molecular complexity index is 405. The van der Waals surface area contributed by atoms with E-state index in [-0.39, 0.29) is 0 Å². The second-order valence-electron chi connectivity index (χ2n) is 5.07. The van der Waals surface area contributed by atoms with Crippen LogP contribution in [0.4, 0.5) is 0 Å². The number of carbonyl (C=O) groups excluding carboxylic acids is 1. The molecule has 1 saturated heterocycles. The van der Waals surface area contributed by atoms with Crippen LogP contribution in [-0.4, -0.2) is 28.7 Å². The molecule has 1 N–H and O–H groups in total. The zero-order valence-corrected chi connectivity index (χ0v) is 11.4. The van der Waals surface area contributed by atoms with Crippen molar-refractivity contribution >= 4 is 5.78 Å². The summed E-state index contributed by atoms with van der Waals surface area (Å²) in [4.78, 5) is 12.1. The molecule has 1 aliphatic rings. The zero-order valence-electron chi connectivity index (χ0n) is 11.4. The predicted octanol–water partition coefficient (Wildman–Crippen LogP) is 1.58. The van der Waals surface area contributed by atoms with Crippen LogP contribution >= 0.6 is 0 Å². The molecule has 0 aliphatic carbocycles. The molecule has 0 aromatic carbocycles. The van der Waals surface area contributed by atoms with Crippen molar-refractivity contribution in [3.63, 3.8) is 0 Å². The van der Waals surface area contributed by atoms with Crippen molar-refractivity contribution < 1.29 is 4.79 Å². The molecule has 4 nitrogen and oxygen atoms in total. The molecule has 0 saturated carbocycles. The molecule has 100 valence electrons. The summed E-state index contributed by atoms with van der Waals surface area (Å²) in [5.74, 6) is 0.891. The van der Waals surface area contributed by atoms with E-state index in [2.05, 4.69) is 30.3 Å². The van der Waals surface area contributed by atoms with Crippen molar-refractivity contribution in [2.24, 2.45) is 5.92 Å². The van der Waals surface area contributed by atoms with Crippen LogP contribution in [0, 0.1) is 5.92 Å². The minimum absolute atomic E-state index is 0.348. The van der Waals surface area contributed by atoms with Crippen LogP contribution in [-0.2, 0) is 24.2 Å². The highest BCUT2D eigenvalue weighted by Gasteiger charge is 2.19. The van der Waals surface area contributed by atoms with Crippen molar-refractivity contribution in [2.45, 2.75) is 46.1 Å². The lowest BCUT2D eigenvalue weighted by atomic mass is 9.99. The monoisotopic (exact) mass is 249 g/mol. The Balaban J connectivity index is 1.94. The van der Waals surface area contributed by atoms with E-state index >= 15 is 0 Å². The van der Waals surface area contributed by atoms with Gasteiger partial charge in [0.25, 0.3) is 0 Å². The summed E-state index contributed by atoms with van der Waals surface area (Å²) in [6.45, 7) is 7.07. The van der Waals surface area contributed by atoms with Crippen LogP contribution in [0.25, 0.3) is 0 Å². The average molecular weight is 249 g/mol. The Kier molecular flexibility index (Phi) is 4.53. The lowest BCUT2D eigenvalue weighted by molar-refractivity contribution is -0.119. The van der Waals surface area contributed by atoms with Gasteiger partial charge in [-0.1, -0.05) is 6.92 Å². The number of aromatic nitrogens is 2. The van der Waals surface area contributed by atoms with Gasteiger partial charge in [-0.05, 0) is 44.8 Å². The summed E-state index contributed by atoms with van der Waals surface area (Å²) in [7, 11) is 0. The number of nitrogens with one attached hydrogen (secondary N) is 1. The number of aryl methyl sites for hydroxylation is 2. The molecule has 1 aliphatic heterocycles. The van der Waals surface area contributed by atoms with E-state index in [9.17, 15) is 4.79 Å². The first-order valence-electron chi connectivity index (χ1n) is 7.01. The number of ketones is 1. The van der Waals surface area contributed by atoms with Crippen molar-refractivity contribution in [1.82, 2.24) is 15.1 Å². The zero-order chi connectivity index (χ0) is 13.0. The molecule has 4 heteroatoms. The van der Waals surface area contributed by atoms with E-state index in [1.54, 1.807) is 0 Å². The number of carbonyl (C=O) groups is 1. The summed E-state index contributed by atoms with van der Waals surface area (Å²) in [5, 5.41) is 7.79. The molecule has 1 atom stereocenters. The Morgan fingerprint density at radius 3 is 3.00 bits per heavy atom. The highest BCUT2D eigenvalue weighted by atomic mass is 16.1. The van der Waals surface area contributed by atoms with Crippen LogP contribution in [0.15, 0.2) is 6.07 Å². The van der Waals surface area contributed by atoms with Gasteiger partial charge in [-0.25, -0.2) is 0 Å². The van der Waals surface area contributed by atoms with Gasteiger partial charge in [-0.3, -0.25) is 9.48 Å². The van der Waals surface area contributed by atoms with Crippen molar-refractivity contribution in [1.29, 1.82) is 0 Å². The van der Waals surface area contributed by atoms with Crippen molar-refractivity contribution in [3.8, 4) is 0 Å². The first-order chi connectivity index (χ1) is 8.72. The molecular formula is C14H23N3O. The maximum Gasteiger partial charge on any atom is 0.139 e. The van der Waals surface area contributed by atoms with E-state index in [1.165, 1.54) is 0 Å². The van der Waals surface area contributed by atoms with Gasteiger partial charge in [0.15, 0.2) is 0 Å². The number of hydrogen-bond acceptors (Lipinski definition) is 3. The van der Waals surface area contributed by atoms with Gasteiger partial charge in [0, 0.05) is 25.1 Å². The third-order valence-electron chi connectivity index (χ3n) is 3.63. The summed E-state index contributed by atoms with van der Waals surface area (Å²) < 4.78 is 1.96. The summed E-state index contributed by atoms with van der Waals surface area (Å²) in [5.41, 5.74) is 2.16. The van der Waals surface area contributed by atoms with Gasteiger partial charge in [-0.15, -0.1) is 0 Å². The number of nitrogens with zero attached hydrogens (tertiary/aromatic N) is 2. The molecule has 0 amide bonds. The van der Waals surface area contributed by atoms with Crippen LogP contribution < -0.4 is 5.32 Å². The standard InChI is InChI=1S/C14H23N3O/c1-3-12-8-13(17(4-2)16-12)9-14(18)7-11-5-6-15-10-11/h8,11,15H,3-7,9-10H2,1-2H3. The van der Waals surface area contributed by atoms with Gasteiger partial charge in [0.1, 0.15) is 5.78 Å². The lowest BCUT2D eigenvalue weighted by Gasteiger charge is -2.07. The van der Waals surface area contributed by atoms with Crippen LogP contribution in [0.2, 0.25) is 0 Å². The Hall–Kier alpha value is -1.16. The topological polar surface area (TPSA) is 46.9 Å². The number of hydrogen-bond donors (Lipinski definition) is 1. The second kappa shape index (κ2) is 6.14. The minimum atomic E-state index is 0.348. The van der Waals surface area contributed by atoms with E-state index in [1.807, 2.05) is 4.68 Å². The van der Waals surface area contributed by atoms with Gasteiger partial charge in [0.05, 0.1) is 5.69 Å². The lowest BCUT2D eigenvalue weighted by Crippen LogP contribution is -2.15. The molecule has 18 heavy (non-hydrogen) atoms. The van der Waals surface area contributed by atoms with Gasteiger partial charge in [-0.2, -0.15) is 5.10 Å². The molecule has 1 aromatic rings. The first kappa shape index (κ1) is 13.3. The normalized spacial score (nSPS) is 19.3. The van der Waals surface area contributed by atoms with Crippen LogP contribution in [0.1, 0.15) is 38.1 Å². The van der Waals surface area contributed by atoms with Crippen molar-refractivity contribution in [2.75, 3.05) is 13.1 Å². The fourth-order valence-electron chi connectivity index (χ4n) is 2.59. The Labute approximate surface area is 109 Å². The molecule has 1 fully saturated rings. The molecule has 0 bridgehead atoms. The van der Waals surface area contributed by atoms with Crippen molar-refractivity contribution in [3.05, 3.63) is 17.5 Å². The summed E-state index contributed by atoms with van der Waals surface area (Å²) in [6.07, 6.45) is 3.32. The largest absolute Gasteiger partial charge is 0.316 e. The fourth-order valence-corrected chi connectivity index (χ4v) is 2.59. The number of Topliss-reactive ketones (excluding diaryl/α,β-unsaturated/α-hetero) is 1. The summed E-state index contributed by atoms with van der Waals surface area (Å²) in [6, 6.07) is 2.08. The van der Waals surface area contributed by atoms with E-state index < -0.39 is 0 Å². The molecule has 0 radical (unpaired) electrons. The molecule has 1 unspecified atom stereocenters. The average Bonchev–Trinajstić information content (AvgIpc) is 2.98. The molecule has 0 spiro atoms. The molecule has 2 heterocycles. The molecule has 1 aromatic heterocycles. The van der Waals surface area contributed by atoms with Gasteiger partial charge in [0.2, 0.25) is 0 Å². The van der Waals surface area contributed by atoms with Gasteiger partial charge < -0.3 is 5.32 Å². The van der Waals surface area contributed by atoms with E-state index in [0.29, 0.717) is 24.5 Å². The quantitative estimate of drug-likeness (QED) is 0.832. The minimum Gasteiger partial charge on any atom is -0.316 e. The maximum atomic E-state index is 12.1. The van der Waals surface area contributed by atoms with E-state index in [4.69, 9.17) is 0 Å². The third-order valence-corrected chi connectivity index (χ3v) is 3.63. The van der Waals surface area contributed by atoms with E-state index in [0.717, 1.165) is 43.9 Å². The molecule has 2 rings (SSSR count). The van der Waals surface area contributed by atoms with Crippen LogP contribution in [0.3, 0.4) is 0 Å². The Morgan fingerprint density at radius 1 is 1.56 bits per heavy atom. The second-order valence-corrected chi connectivity index (χ2v) is 5.07. The fraction of sp³-hybridized carbons (Fsp3) is 0.714.